The van der Waals surface area contributed by atoms with Gasteiger partial charge in [0.15, 0.2) is 0 Å². The van der Waals surface area contributed by atoms with Crippen LogP contribution in [0.15, 0.2) is 24.3 Å². The van der Waals surface area contributed by atoms with Crippen LogP contribution in [0.2, 0.25) is 5.02 Å². The Kier molecular flexibility index (Phi) is 3.46. The number of hydrogen-bond donors (Lipinski definition) is 0. The Bertz CT molecular complexity index is 407. The highest BCUT2D eigenvalue weighted by Gasteiger charge is 2.47. The molecule has 1 spiro atoms. The van der Waals surface area contributed by atoms with E-state index in [4.69, 9.17) is 25.8 Å². The Balaban J connectivity index is 1.46. The van der Waals surface area contributed by atoms with Gasteiger partial charge in [0.05, 0.1) is 32.0 Å². The largest absolute Gasteiger partial charge is 0.493 e. The van der Waals surface area contributed by atoms with Crippen molar-refractivity contribution in [2.45, 2.75) is 18.4 Å². The number of hydrogen-bond acceptors (Lipinski definition) is 3. The zero-order chi connectivity index (χ0) is 12.4. The molecule has 2 fully saturated rings. The fourth-order valence-electron chi connectivity index (χ4n) is 2.73. The predicted octanol–water partition coefficient (Wildman–Crippen LogP) is 2.91. The number of rotatable bonds is 3. The molecule has 4 heteroatoms. The fraction of sp³-hybridized carbons (Fsp3) is 0.571. The molecule has 0 radical (unpaired) electrons. The summed E-state index contributed by atoms with van der Waals surface area (Å²) in [5.41, 5.74) is -0.0133. The van der Waals surface area contributed by atoms with Gasteiger partial charge < -0.3 is 14.2 Å². The lowest BCUT2D eigenvalue weighted by Gasteiger charge is -2.48. The molecule has 1 aliphatic carbocycles. The average Bonchev–Trinajstić information content (AvgIpc) is 2.35. The van der Waals surface area contributed by atoms with Crippen LogP contribution in [-0.2, 0) is 9.47 Å². The Hall–Kier alpha value is -0.770. The molecule has 18 heavy (non-hydrogen) atoms. The third-order valence-electron chi connectivity index (χ3n) is 3.60. The van der Waals surface area contributed by atoms with Crippen molar-refractivity contribution in [1.29, 1.82) is 0 Å². The van der Waals surface area contributed by atoms with Gasteiger partial charge in [-0.3, -0.25) is 0 Å². The predicted molar refractivity (Wildman–Crippen MR) is 69.2 cm³/mol. The zero-order valence-corrected chi connectivity index (χ0v) is 11.0. The molecule has 0 amide bonds. The molecule has 1 saturated heterocycles. The first kappa shape index (κ1) is 12.3. The summed E-state index contributed by atoms with van der Waals surface area (Å²) in [6.45, 7) is 2.92. The van der Waals surface area contributed by atoms with Crippen molar-refractivity contribution in [2.75, 3.05) is 26.4 Å². The van der Waals surface area contributed by atoms with Crippen LogP contribution in [0.3, 0.4) is 0 Å². The third kappa shape index (κ3) is 2.63. The first-order valence-corrected chi connectivity index (χ1v) is 6.74. The van der Waals surface area contributed by atoms with Gasteiger partial charge in [0.25, 0.3) is 0 Å². The molecule has 0 aromatic heterocycles. The highest BCUT2D eigenvalue weighted by molar-refractivity contribution is 6.30. The maximum atomic E-state index is 5.91. The van der Waals surface area contributed by atoms with Gasteiger partial charge in [0.1, 0.15) is 5.75 Å². The zero-order valence-electron chi connectivity index (χ0n) is 10.2. The second kappa shape index (κ2) is 5.08. The van der Waals surface area contributed by atoms with E-state index in [9.17, 15) is 0 Å². The van der Waals surface area contributed by atoms with Crippen LogP contribution in [0, 0.1) is 5.92 Å². The molecule has 3 nitrogen and oxygen atoms in total. The van der Waals surface area contributed by atoms with Gasteiger partial charge in [-0.2, -0.15) is 0 Å². The van der Waals surface area contributed by atoms with E-state index in [-0.39, 0.29) is 5.60 Å². The summed E-state index contributed by atoms with van der Waals surface area (Å²) in [6, 6.07) is 7.52. The molecule has 2 aliphatic rings. The van der Waals surface area contributed by atoms with Gasteiger partial charge in [0, 0.05) is 5.02 Å². The SMILES string of the molecule is Clc1cccc(OCC2CC3(COCCO3)C2)c1. The summed E-state index contributed by atoms with van der Waals surface area (Å²) >= 11 is 5.91. The van der Waals surface area contributed by atoms with Crippen molar-refractivity contribution in [3.05, 3.63) is 29.3 Å². The normalized spacial score (nSPS) is 31.1. The highest BCUT2D eigenvalue weighted by Crippen LogP contribution is 2.42. The molecule has 0 bridgehead atoms. The second-order valence-corrected chi connectivity index (χ2v) is 5.56. The first-order valence-electron chi connectivity index (χ1n) is 6.36. The minimum absolute atomic E-state index is 0.0133. The van der Waals surface area contributed by atoms with Crippen LogP contribution < -0.4 is 4.74 Å². The van der Waals surface area contributed by atoms with E-state index in [1.165, 1.54) is 0 Å². The van der Waals surface area contributed by atoms with Crippen molar-refractivity contribution in [2.24, 2.45) is 5.92 Å². The third-order valence-corrected chi connectivity index (χ3v) is 3.84. The summed E-state index contributed by atoms with van der Waals surface area (Å²) in [5, 5.41) is 0.710. The molecular weight excluding hydrogens is 252 g/mol. The van der Waals surface area contributed by atoms with Gasteiger partial charge in [0.2, 0.25) is 0 Å². The summed E-state index contributed by atoms with van der Waals surface area (Å²) in [7, 11) is 0. The van der Waals surface area contributed by atoms with E-state index in [0.29, 0.717) is 10.9 Å². The Morgan fingerprint density at radius 2 is 2.22 bits per heavy atom. The minimum Gasteiger partial charge on any atom is -0.493 e. The molecule has 1 aromatic carbocycles. The van der Waals surface area contributed by atoms with Gasteiger partial charge >= 0.3 is 0 Å². The lowest BCUT2D eigenvalue weighted by Crippen LogP contribution is -2.54. The van der Waals surface area contributed by atoms with Crippen molar-refractivity contribution in [1.82, 2.24) is 0 Å². The first-order chi connectivity index (χ1) is 8.76. The van der Waals surface area contributed by atoms with E-state index in [0.717, 1.165) is 45.0 Å². The number of halogens is 1. The summed E-state index contributed by atoms with van der Waals surface area (Å²) < 4.78 is 17.0. The van der Waals surface area contributed by atoms with Crippen LogP contribution in [0.5, 0.6) is 5.75 Å². The molecule has 3 rings (SSSR count). The molecule has 1 saturated carbocycles. The molecular formula is C14H17ClO3. The van der Waals surface area contributed by atoms with Crippen LogP contribution in [0.4, 0.5) is 0 Å². The van der Waals surface area contributed by atoms with Gasteiger partial charge in [-0.05, 0) is 37.0 Å². The number of benzene rings is 1. The second-order valence-electron chi connectivity index (χ2n) is 5.13. The van der Waals surface area contributed by atoms with Crippen molar-refractivity contribution in [3.63, 3.8) is 0 Å². The molecule has 1 aromatic rings. The maximum Gasteiger partial charge on any atom is 0.120 e. The molecule has 1 aliphatic heterocycles. The Morgan fingerprint density at radius 3 is 2.94 bits per heavy atom. The molecule has 0 unspecified atom stereocenters. The van der Waals surface area contributed by atoms with Crippen LogP contribution >= 0.6 is 11.6 Å². The monoisotopic (exact) mass is 268 g/mol. The van der Waals surface area contributed by atoms with Crippen molar-refractivity contribution in [3.8, 4) is 5.75 Å². The van der Waals surface area contributed by atoms with Crippen LogP contribution in [0.1, 0.15) is 12.8 Å². The number of ether oxygens (including phenoxy) is 3. The summed E-state index contributed by atoms with van der Waals surface area (Å²) in [6.07, 6.45) is 2.07. The highest BCUT2D eigenvalue weighted by atomic mass is 35.5. The lowest BCUT2D eigenvalue weighted by molar-refractivity contribution is -0.212. The maximum absolute atomic E-state index is 5.91. The molecule has 98 valence electrons. The minimum atomic E-state index is -0.0133. The van der Waals surface area contributed by atoms with Gasteiger partial charge in [-0.1, -0.05) is 17.7 Å². The average molecular weight is 269 g/mol. The van der Waals surface area contributed by atoms with Gasteiger partial charge in [-0.15, -0.1) is 0 Å². The lowest BCUT2D eigenvalue weighted by atomic mass is 9.71. The van der Waals surface area contributed by atoms with E-state index >= 15 is 0 Å². The Morgan fingerprint density at radius 1 is 1.33 bits per heavy atom. The van der Waals surface area contributed by atoms with E-state index < -0.39 is 0 Å². The van der Waals surface area contributed by atoms with E-state index in [1.807, 2.05) is 24.3 Å². The topological polar surface area (TPSA) is 27.7 Å². The summed E-state index contributed by atoms with van der Waals surface area (Å²) in [5.74, 6) is 1.40. The molecule has 0 N–H and O–H groups in total. The van der Waals surface area contributed by atoms with Gasteiger partial charge in [-0.25, -0.2) is 0 Å². The fourth-order valence-corrected chi connectivity index (χ4v) is 2.91. The standard InChI is InChI=1S/C14H17ClO3/c15-12-2-1-3-13(6-12)17-9-11-7-14(8-11)10-16-4-5-18-14/h1-3,6,11H,4-5,7-10H2. The smallest absolute Gasteiger partial charge is 0.120 e. The van der Waals surface area contributed by atoms with E-state index in [2.05, 4.69) is 0 Å². The van der Waals surface area contributed by atoms with E-state index in [1.54, 1.807) is 0 Å². The summed E-state index contributed by atoms with van der Waals surface area (Å²) in [4.78, 5) is 0. The van der Waals surface area contributed by atoms with Crippen LogP contribution in [0.25, 0.3) is 0 Å². The van der Waals surface area contributed by atoms with Crippen LogP contribution in [-0.4, -0.2) is 32.0 Å². The quantitative estimate of drug-likeness (QED) is 0.844. The van der Waals surface area contributed by atoms with Crippen molar-refractivity contribution >= 4 is 11.6 Å². The molecule has 0 atom stereocenters. The Labute approximate surface area is 112 Å². The molecule has 1 heterocycles. The van der Waals surface area contributed by atoms with Crippen molar-refractivity contribution < 1.29 is 14.2 Å².